The highest BCUT2D eigenvalue weighted by Crippen LogP contribution is 2.00. The van der Waals surface area contributed by atoms with Crippen LogP contribution in [0.3, 0.4) is 0 Å². The van der Waals surface area contributed by atoms with Gasteiger partial charge < -0.3 is 0 Å². The minimum Gasteiger partial charge on any atom is -0.298 e. The topological polar surface area (TPSA) is 34.9 Å². The highest BCUT2D eigenvalue weighted by atomic mass is 79.9. The average Bonchev–Trinajstić information content (AvgIpc) is 1.98. The van der Waals surface area contributed by atoms with Crippen molar-refractivity contribution in [1.29, 1.82) is 0 Å². The van der Waals surface area contributed by atoms with Crippen LogP contribution in [0.15, 0.2) is 21.8 Å². The van der Waals surface area contributed by atoms with Crippen molar-refractivity contribution in [3.63, 3.8) is 0 Å². The van der Waals surface area contributed by atoms with E-state index in [1.165, 1.54) is 6.20 Å². The molecule has 1 aromatic heterocycles. The molecule has 0 bridgehead atoms. The summed E-state index contributed by atoms with van der Waals surface area (Å²) in [5.74, 6) is 0.457. The van der Waals surface area contributed by atoms with Crippen molar-refractivity contribution in [3.8, 4) is 0 Å². The molecule has 0 spiro atoms. The lowest BCUT2D eigenvalue weighted by Crippen LogP contribution is -2.22. The van der Waals surface area contributed by atoms with E-state index in [2.05, 4.69) is 34.8 Å². The van der Waals surface area contributed by atoms with E-state index in [1.54, 1.807) is 10.9 Å². The summed E-state index contributed by atoms with van der Waals surface area (Å²) in [5.41, 5.74) is -0.0151. The van der Waals surface area contributed by atoms with Gasteiger partial charge in [0.05, 0.1) is 6.33 Å². The zero-order valence-electron chi connectivity index (χ0n) is 7.12. The Hall–Kier alpha value is -0.640. The predicted molar refractivity (Wildman–Crippen MR) is 51.0 cm³/mol. The van der Waals surface area contributed by atoms with Crippen molar-refractivity contribution in [2.24, 2.45) is 5.92 Å². The molecule has 0 aliphatic carbocycles. The summed E-state index contributed by atoms with van der Waals surface area (Å²) in [6, 6.07) is 0. The highest BCUT2D eigenvalue weighted by Gasteiger charge is 2.01. The van der Waals surface area contributed by atoms with Gasteiger partial charge in [0.25, 0.3) is 5.56 Å². The van der Waals surface area contributed by atoms with E-state index in [4.69, 9.17) is 0 Å². The number of hydrogen-bond donors (Lipinski definition) is 0. The second-order valence-electron chi connectivity index (χ2n) is 3.09. The molecule has 12 heavy (non-hydrogen) atoms. The van der Waals surface area contributed by atoms with E-state index in [0.29, 0.717) is 16.9 Å². The molecule has 0 N–H and O–H groups in total. The van der Waals surface area contributed by atoms with Crippen LogP contribution >= 0.6 is 15.9 Å². The first-order valence-corrected chi connectivity index (χ1v) is 4.60. The van der Waals surface area contributed by atoms with Crippen LogP contribution in [0.2, 0.25) is 0 Å². The van der Waals surface area contributed by atoms with E-state index in [-0.39, 0.29) is 5.56 Å². The molecular formula is C8H11BrN2O. The first-order valence-electron chi connectivity index (χ1n) is 3.81. The number of aromatic nitrogens is 2. The molecule has 1 aromatic rings. The Bertz CT molecular complexity index is 319. The summed E-state index contributed by atoms with van der Waals surface area (Å²) < 4.78 is 2.13. The van der Waals surface area contributed by atoms with Gasteiger partial charge in [-0.15, -0.1) is 0 Å². The van der Waals surface area contributed by atoms with Gasteiger partial charge in [-0.25, -0.2) is 4.98 Å². The maximum absolute atomic E-state index is 11.4. The summed E-state index contributed by atoms with van der Waals surface area (Å²) in [7, 11) is 0. The fourth-order valence-electron chi connectivity index (χ4n) is 0.948. The first-order chi connectivity index (χ1) is 5.61. The number of hydrogen-bond acceptors (Lipinski definition) is 2. The summed E-state index contributed by atoms with van der Waals surface area (Å²) in [6.07, 6.45) is 3.08. The summed E-state index contributed by atoms with van der Waals surface area (Å²) in [5, 5.41) is 0. The molecule has 1 rings (SSSR count). The molecular weight excluding hydrogens is 220 g/mol. The molecule has 4 heteroatoms. The third-order valence-corrected chi connectivity index (χ3v) is 1.96. The molecule has 0 aromatic carbocycles. The Morgan fingerprint density at radius 3 is 2.92 bits per heavy atom. The first kappa shape index (κ1) is 9.45. The highest BCUT2D eigenvalue weighted by molar-refractivity contribution is 9.10. The van der Waals surface area contributed by atoms with Gasteiger partial charge in [0.2, 0.25) is 0 Å². The molecule has 0 atom stereocenters. The Labute approximate surface area is 79.6 Å². The molecule has 0 fully saturated rings. The standard InChI is InChI=1S/C8H11BrN2O/c1-6(2)4-11-5-10-3-7(9)8(11)12/h3,5-6H,4H2,1-2H3. The van der Waals surface area contributed by atoms with Crippen LogP contribution in [-0.2, 0) is 6.54 Å². The molecule has 3 nitrogen and oxygen atoms in total. The summed E-state index contributed by atoms with van der Waals surface area (Å²) in [4.78, 5) is 15.3. The normalized spacial score (nSPS) is 10.7. The fourth-order valence-corrected chi connectivity index (χ4v) is 1.29. The van der Waals surface area contributed by atoms with Gasteiger partial charge in [-0.3, -0.25) is 9.36 Å². The Morgan fingerprint density at radius 1 is 1.67 bits per heavy atom. The van der Waals surface area contributed by atoms with E-state index in [1.807, 2.05) is 0 Å². The maximum Gasteiger partial charge on any atom is 0.267 e. The second-order valence-corrected chi connectivity index (χ2v) is 3.95. The molecule has 0 unspecified atom stereocenters. The van der Waals surface area contributed by atoms with E-state index < -0.39 is 0 Å². The number of halogens is 1. The minimum atomic E-state index is -0.0151. The number of rotatable bonds is 2. The van der Waals surface area contributed by atoms with E-state index >= 15 is 0 Å². The van der Waals surface area contributed by atoms with Crippen LogP contribution in [0, 0.1) is 5.92 Å². The van der Waals surface area contributed by atoms with Crippen molar-refractivity contribution < 1.29 is 0 Å². The molecule has 1 heterocycles. The lowest BCUT2D eigenvalue weighted by atomic mass is 10.2. The minimum absolute atomic E-state index is 0.0151. The Kier molecular flexibility index (Phi) is 3.03. The van der Waals surface area contributed by atoms with Gasteiger partial charge in [0.15, 0.2) is 0 Å². The lowest BCUT2D eigenvalue weighted by Gasteiger charge is -2.06. The maximum atomic E-state index is 11.4. The molecule has 66 valence electrons. The van der Waals surface area contributed by atoms with Crippen LogP contribution in [-0.4, -0.2) is 9.55 Å². The SMILES string of the molecule is CC(C)Cn1cncc(Br)c1=O. The van der Waals surface area contributed by atoms with Gasteiger partial charge in [0, 0.05) is 12.7 Å². The molecule has 0 saturated heterocycles. The van der Waals surface area contributed by atoms with Gasteiger partial charge in [-0.1, -0.05) is 13.8 Å². The number of nitrogens with zero attached hydrogens (tertiary/aromatic N) is 2. The van der Waals surface area contributed by atoms with Crippen molar-refractivity contribution in [1.82, 2.24) is 9.55 Å². The van der Waals surface area contributed by atoms with Gasteiger partial charge in [-0.2, -0.15) is 0 Å². The van der Waals surface area contributed by atoms with Crippen molar-refractivity contribution in [2.75, 3.05) is 0 Å². The van der Waals surface area contributed by atoms with Crippen LogP contribution in [0.25, 0.3) is 0 Å². The third kappa shape index (κ3) is 2.17. The lowest BCUT2D eigenvalue weighted by molar-refractivity contribution is 0.504. The van der Waals surface area contributed by atoms with Crippen LogP contribution in [0.5, 0.6) is 0 Å². The smallest absolute Gasteiger partial charge is 0.267 e. The fraction of sp³-hybridized carbons (Fsp3) is 0.500. The van der Waals surface area contributed by atoms with E-state index in [0.717, 1.165) is 0 Å². The zero-order valence-corrected chi connectivity index (χ0v) is 8.71. The van der Waals surface area contributed by atoms with E-state index in [9.17, 15) is 4.79 Å². The Balaban J connectivity index is 3.01. The van der Waals surface area contributed by atoms with Gasteiger partial charge in [0.1, 0.15) is 4.47 Å². The van der Waals surface area contributed by atoms with Crippen LogP contribution in [0.4, 0.5) is 0 Å². The van der Waals surface area contributed by atoms with Crippen molar-refractivity contribution in [2.45, 2.75) is 20.4 Å². The summed E-state index contributed by atoms with van der Waals surface area (Å²) in [6.45, 7) is 4.84. The summed E-state index contributed by atoms with van der Waals surface area (Å²) >= 11 is 3.14. The largest absolute Gasteiger partial charge is 0.298 e. The molecule has 0 aliphatic rings. The molecule has 0 amide bonds. The van der Waals surface area contributed by atoms with Gasteiger partial charge in [-0.05, 0) is 21.8 Å². The predicted octanol–water partition coefficient (Wildman–Crippen LogP) is 1.66. The average molecular weight is 231 g/mol. The monoisotopic (exact) mass is 230 g/mol. The second kappa shape index (κ2) is 3.85. The third-order valence-electron chi connectivity index (χ3n) is 1.42. The van der Waals surface area contributed by atoms with Crippen molar-refractivity contribution >= 4 is 15.9 Å². The van der Waals surface area contributed by atoms with Crippen molar-refractivity contribution in [3.05, 3.63) is 27.4 Å². The molecule has 0 saturated carbocycles. The van der Waals surface area contributed by atoms with Crippen LogP contribution < -0.4 is 5.56 Å². The Morgan fingerprint density at radius 2 is 2.33 bits per heavy atom. The molecule has 0 radical (unpaired) electrons. The van der Waals surface area contributed by atoms with Gasteiger partial charge >= 0.3 is 0 Å². The molecule has 0 aliphatic heterocycles. The zero-order chi connectivity index (χ0) is 9.14. The quantitative estimate of drug-likeness (QED) is 0.775. The van der Waals surface area contributed by atoms with Crippen LogP contribution in [0.1, 0.15) is 13.8 Å².